The Labute approximate surface area is 156 Å². The summed E-state index contributed by atoms with van der Waals surface area (Å²) in [6.07, 6.45) is 3.22. The summed E-state index contributed by atoms with van der Waals surface area (Å²) in [4.78, 5) is 12.5. The summed E-state index contributed by atoms with van der Waals surface area (Å²) in [6.45, 7) is 1.38. The minimum absolute atomic E-state index is 0.0264. The second-order valence-corrected chi connectivity index (χ2v) is 7.26. The Balaban J connectivity index is 1.46. The summed E-state index contributed by atoms with van der Waals surface area (Å²) in [7, 11) is 0. The van der Waals surface area contributed by atoms with E-state index in [1.54, 1.807) is 6.07 Å². The molecule has 1 aromatic heterocycles. The second kappa shape index (κ2) is 7.29. The molecule has 3 heterocycles. The van der Waals surface area contributed by atoms with Gasteiger partial charge in [-0.2, -0.15) is 0 Å². The van der Waals surface area contributed by atoms with Crippen LogP contribution in [0, 0.1) is 0 Å². The van der Waals surface area contributed by atoms with Crippen LogP contribution < -0.4 is 10.1 Å². The van der Waals surface area contributed by atoms with E-state index in [-0.39, 0.29) is 17.6 Å². The van der Waals surface area contributed by atoms with E-state index in [2.05, 4.69) is 10.5 Å². The number of para-hydroxylation sites is 1. The van der Waals surface area contributed by atoms with Crippen LogP contribution in [0.2, 0.25) is 5.15 Å². The van der Waals surface area contributed by atoms with E-state index in [4.69, 9.17) is 25.6 Å². The van der Waals surface area contributed by atoms with Crippen molar-refractivity contribution in [3.05, 3.63) is 46.8 Å². The smallest absolute Gasteiger partial charge is 0.220 e. The van der Waals surface area contributed by atoms with E-state index < -0.39 is 0 Å². The van der Waals surface area contributed by atoms with Crippen LogP contribution in [0.25, 0.3) is 0 Å². The van der Waals surface area contributed by atoms with Gasteiger partial charge in [0.05, 0.1) is 19.3 Å². The molecule has 0 bridgehead atoms. The SMILES string of the molecule is O=C(CCc1cc(Cl)no1)N[C@H]1CC2(CCOCC2)Oc2ccccc21. The Morgan fingerprint density at radius 2 is 2.12 bits per heavy atom. The molecular weight excluding hydrogens is 356 g/mol. The van der Waals surface area contributed by atoms with Crippen molar-refractivity contribution in [2.75, 3.05) is 13.2 Å². The van der Waals surface area contributed by atoms with Crippen molar-refractivity contribution in [3.63, 3.8) is 0 Å². The molecule has 2 aliphatic rings. The molecule has 1 aromatic carbocycles. The normalized spacial score (nSPS) is 21.0. The van der Waals surface area contributed by atoms with Gasteiger partial charge in [-0.25, -0.2) is 0 Å². The molecule has 1 fully saturated rings. The molecule has 2 aromatic rings. The summed E-state index contributed by atoms with van der Waals surface area (Å²) in [6, 6.07) is 9.49. The van der Waals surface area contributed by atoms with Gasteiger partial charge < -0.3 is 19.3 Å². The molecule has 7 heteroatoms. The summed E-state index contributed by atoms with van der Waals surface area (Å²) < 4.78 is 16.9. The quantitative estimate of drug-likeness (QED) is 0.884. The maximum atomic E-state index is 12.5. The van der Waals surface area contributed by atoms with Gasteiger partial charge >= 0.3 is 0 Å². The number of nitrogens with one attached hydrogen (secondary N) is 1. The van der Waals surface area contributed by atoms with E-state index in [1.807, 2.05) is 24.3 Å². The Morgan fingerprint density at radius 3 is 2.88 bits per heavy atom. The van der Waals surface area contributed by atoms with E-state index in [1.165, 1.54) is 0 Å². The van der Waals surface area contributed by atoms with Crippen molar-refractivity contribution in [1.82, 2.24) is 10.5 Å². The molecule has 6 nitrogen and oxygen atoms in total. The van der Waals surface area contributed by atoms with Crippen molar-refractivity contribution in [2.45, 2.75) is 43.7 Å². The lowest BCUT2D eigenvalue weighted by Crippen LogP contribution is -2.48. The molecule has 26 heavy (non-hydrogen) atoms. The lowest BCUT2D eigenvalue weighted by molar-refractivity contribution is -0.123. The number of fused-ring (bicyclic) bond motifs is 1. The average molecular weight is 377 g/mol. The monoisotopic (exact) mass is 376 g/mol. The lowest BCUT2D eigenvalue weighted by atomic mass is 9.82. The topological polar surface area (TPSA) is 73.6 Å². The maximum absolute atomic E-state index is 12.5. The largest absolute Gasteiger partial charge is 0.487 e. The Kier molecular flexibility index (Phi) is 4.87. The van der Waals surface area contributed by atoms with Gasteiger partial charge in [0.15, 0.2) is 5.15 Å². The molecule has 1 atom stereocenters. The molecule has 138 valence electrons. The van der Waals surface area contributed by atoms with Crippen molar-refractivity contribution in [1.29, 1.82) is 0 Å². The van der Waals surface area contributed by atoms with Crippen LogP contribution in [0.3, 0.4) is 0 Å². The summed E-state index contributed by atoms with van der Waals surface area (Å²) in [5, 5.41) is 7.10. The van der Waals surface area contributed by atoms with Crippen molar-refractivity contribution in [3.8, 4) is 5.75 Å². The summed E-state index contributed by atoms with van der Waals surface area (Å²) in [5.74, 6) is 1.44. The zero-order chi connectivity index (χ0) is 18.0. The first kappa shape index (κ1) is 17.4. The zero-order valence-electron chi connectivity index (χ0n) is 14.4. The fourth-order valence-corrected chi connectivity index (χ4v) is 3.86. The number of halogens is 1. The molecule has 0 radical (unpaired) electrons. The van der Waals surface area contributed by atoms with Gasteiger partial charge in [0.25, 0.3) is 0 Å². The number of ether oxygens (including phenoxy) is 2. The molecule has 1 spiro atoms. The molecule has 1 amide bonds. The molecule has 0 unspecified atom stereocenters. The summed E-state index contributed by atoms with van der Waals surface area (Å²) in [5.41, 5.74) is 0.767. The minimum atomic E-state index is -0.261. The first-order chi connectivity index (χ1) is 12.6. The standard InChI is InChI=1S/C19H21ClN2O4/c20-17-11-13(26-22-17)5-6-18(23)21-15-12-19(7-9-24-10-8-19)25-16-4-2-1-3-14(15)16/h1-4,11,15H,5-10,12H2,(H,21,23)/t15-/m0/s1. The number of carbonyl (C=O) groups is 1. The van der Waals surface area contributed by atoms with Gasteiger partial charge in [0, 0.05) is 43.7 Å². The molecule has 2 aliphatic heterocycles. The number of hydrogen-bond acceptors (Lipinski definition) is 5. The van der Waals surface area contributed by atoms with Gasteiger partial charge in [0.2, 0.25) is 5.91 Å². The minimum Gasteiger partial charge on any atom is -0.487 e. The van der Waals surface area contributed by atoms with E-state index in [0.29, 0.717) is 37.0 Å². The number of nitrogens with zero attached hydrogens (tertiary/aromatic N) is 1. The highest BCUT2D eigenvalue weighted by Gasteiger charge is 2.42. The van der Waals surface area contributed by atoms with Gasteiger partial charge in [-0.15, -0.1) is 0 Å². The molecule has 4 rings (SSSR count). The van der Waals surface area contributed by atoms with Crippen LogP contribution in [0.5, 0.6) is 5.75 Å². The van der Waals surface area contributed by atoms with E-state index >= 15 is 0 Å². The third-order valence-corrected chi connectivity index (χ3v) is 5.24. The van der Waals surface area contributed by atoms with Crippen molar-refractivity contribution >= 4 is 17.5 Å². The van der Waals surface area contributed by atoms with E-state index in [9.17, 15) is 4.79 Å². The predicted octanol–water partition coefficient (Wildman–Crippen LogP) is 3.45. The third-order valence-electron chi connectivity index (χ3n) is 5.06. The molecule has 0 aliphatic carbocycles. The number of amides is 1. The number of carbonyl (C=O) groups excluding carboxylic acids is 1. The number of aryl methyl sites for hydroxylation is 1. The molecule has 0 saturated carbocycles. The fraction of sp³-hybridized carbons (Fsp3) is 0.474. The zero-order valence-corrected chi connectivity index (χ0v) is 15.1. The third kappa shape index (κ3) is 3.71. The van der Waals surface area contributed by atoms with Gasteiger partial charge in [0.1, 0.15) is 17.1 Å². The maximum Gasteiger partial charge on any atom is 0.220 e. The van der Waals surface area contributed by atoms with Gasteiger partial charge in [-0.1, -0.05) is 35.0 Å². The summed E-state index contributed by atoms with van der Waals surface area (Å²) >= 11 is 5.74. The number of aromatic nitrogens is 1. The van der Waals surface area contributed by atoms with Gasteiger partial charge in [-0.3, -0.25) is 4.79 Å². The first-order valence-electron chi connectivity index (χ1n) is 8.90. The van der Waals surface area contributed by atoms with Crippen molar-refractivity contribution in [2.24, 2.45) is 0 Å². The molecule has 1 N–H and O–H groups in total. The van der Waals surface area contributed by atoms with E-state index in [0.717, 1.165) is 30.6 Å². The van der Waals surface area contributed by atoms with Crippen LogP contribution >= 0.6 is 11.6 Å². The number of hydrogen-bond donors (Lipinski definition) is 1. The Hall–Kier alpha value is -2.05. The van der Waals surface area contributed by atoms with Crippen LogP contribution in [0.4, 0.5) is 0 Å². The first-order valence-corrected chi connectivity index (χ1v) is 9.28. The Bertz CT molecular complexity index is 785. The van der Waals surface area contributed by atoms with Crippen LogP contribution in [0.1, 0.15) is 43.0 Å². The fourth-order valence-electron chi connectivity index (χ4n) is 3.71. The second-order valence-electron chi connectivity index (χ2n) is 6.88. The molecular formula is C19H21ClN2O4. The average Bonchev–Trinajstić information content (AvgIpc) is 3.06. The highest BCUT2D eigenvalue weighted by molar-refractivity contribution is 6.29. The van der Waals surface area contributed by atoms with Gasteiger partial charge in [-0.05, 0) is 6.07 Å². The highest BCUT2D eigenvalue weighted by Crippen LogP contribution is 2.43. The van der Waals surface area contributed by atoms with Crippen LogP contribution in [-0.4, -0.2) is 29.9 Å². The molecule has 1 saturated heterocycles. The van der Waals surface area contributed by atoms with Crippen molar-refractivity contribution < 1.29 is 18.8 Å². The highest BCUT2D eigenvalue weighted by atomic mass is 35.5. The number of rotatable bonds is 4. The Morgan fingerprint density at radius 1 is 1.31 bits per heavy atom. The van der Waals surface area contributed by atoms with Crippen LogP contribution in [-0.2, 0) is 16.0 Å². The number of benzene rings is 1. The lowest BCUT2D eigenvalue weighted by Gasteiger charge is -2.44. The predicted molar refractivity (Wildman–Crippen MR) is 95.2 cm³/mol. The van der Waals surface area contributed by atoms with Crippen LogP contribution in [0.15, 0.2) is 34.9 Å².